The van der Waals surface area contributed by atoms with Crippen LogP contribution in [0.4, 0.5) is 5.69 Å². The van der Waals surface area contributed by atoms with Crippen molar-refractivity contribution in [1.29, 1.82) is 0 Å². The van der Waals surface area contributed by atoms with Gasteiger partial charge >= 0.3 is 5.97 Å². The Morgan fingerprint density at radius 3 is 2.72 bits per heavy atom. The standard InChI is InChI=1S/C19H17NO5/c1-23-19(22)15-11-12-5-2-3-7-14(12)20(15)18(21)13-6-4-8-16-17(13)25-10-9-24-16/h2-8,15H,9-11H2,1H3/t15-/m0/s1. The molecule has 2 aliphatic rings. The number of benzene rings is 2. The summed E-state index contributed by atoms with van der Waals surface area (Å²) in [4.78, 5) is 27.0. The van der Waals surface area contributed by atoms with Gasteiger partial charge in [0.15, 0.2) is 11.5 Å². The van der Waals surface area contributed by atoms with Crippen molar-refractivity contribution in [2.45, 2.75) is 12.5 Å². The van der Waals surface area contributed by atoms with Gasteiger partial charge < -0.3 is 14.2 Å². The fourth-order valence-electron chi connectivity index (χ4n) is 3.33. The van der Waals surface area contributed by atoms with Gasteiger partial charge in [0.2, 0.25) is 0 Å². The van der Waals surface area contributed by atoms with Crippen LogP contribution >= 0.6 is 0 Å². The van der Waals surface area contributed by atoms with Crippen molar-refractivity contribution < 1.29 is 23.8 Å². The maximum absolute atomic E-state index is 13.3. The minimum Gasteiger partial charge on any atom is -0.486 e. The Morgan fingerprint density at radius 1 is 1.08 bits per heavy atom. The molecule has 0 aliphatic carbocycles. The number of nitrogens with zero attached hydrogens (tertiary/aromatic N) is 1. The van der Waals surface area contributed by atoms with Crippen molar-refractivity contribution >= 4 is 17.6 Å². The molecular formula is C19H17NO5. The van der Waals surface area contributed by atoms with Gasteiger partial charge in [-0.2, -0.15) is 0 Å². The number of fused-ring (bicyclic) bond motifs is 2. The van der Waals surface area contributed by atoms with Gasteiger partial charge in [-0.05, 0) is 23.8 Å². The van der Waals surface area contributed by atoms with Gasteiger partial charge in [-0.15, -0.1) is 0 Å². The van der Waals surface area contributed by atoms with Crippen molar-refractivity contribution in [3.05, 3.63) is 53.6 Å². The number of carbonyl (C=O) groups is 2. The molecular weight excluding hydrogens is 322 g/mol. The number of para-hydroxylation sites is 2. The van der Waals surface area contributed by atoms with Gasteiger partial charge in [0, 0.05) is 12.1 Å². The van der Waals surface area contributed by atoms with E-state index in [4.69, 9.17) is 14.2 Å². The van der Waals surface area contributed by atoms with Crippen LogP contribution in [0.3, 0.4) is 0 Å². The zero-order valence-electron chi connectivity index (χ0n) is 13.7. The molecule has 0 aromatic heterocycles. The van der Waals surface area contributed by atoms with E-state index in [0.717, 1.165) is 11.3 Å². The van der Waals surface area contributed by atoms with E-state index >= 15 is 0 Å². The van der Waals surface area contributed by atoms with Crippen molar-refractivity contribution in [3.63, 3.8) is 0 Å². The molecule has 128 valence electrons. The number of hydrogen-bond acceptors (Lipinski definition) is 5. The number of anilines is 1. The first-order chi connectivity index (χ1) is 12.2. The van der Waals surface area contributed by atoms with E-state index in [2.05, 4.69) is 0 Å². The molecule has 2 aromatic carbocycles. The second-order valence-electron chi connectivity index (χ2n) is 5.88. The van der Waals surface area contributed by atoms with Gasteiger partial charge in [-0.1, -0.05) is 24.3 Å². The number of methoxy groups -OCH3 is 1. The first kappa shape index (κ1) is 15.5. The Bertz CT molecular complexity index is 847. The third-order valence-corrected chi connectivity index (χ3v) is 4.46. The third-order valence-electron chi connectivity index (χ3n) is 4.46. The maximum atomic E-state index is 13.3. The molecule has 0 bridgehead atoms. The summed E-state index contributed by atoms with van der Waals surface area (Å²) in [7, 11) is 1.33. The Morgan fingerprint density at radius 2 is 1.88 bits per heavy atom. The van der Waals surface area contributed by atoms with E-state index in [1.54, 1.807) is 18.2 Å². The lowest BCUT2D eigenvalue weighted by molar-refractivity contribution is -0.141. The topological polar surface area (TPSA) is 65.1 Å². The summed E-state index contributed by atoms with van der Waals surface area (Å²) < 4.78 is 16.1. The van der Waals surface area contributed by atoms with E-state index < -0.39 is 12.0 Å². The number of amides is 1. The average molecular weight is 339 g/mol. The van der Waals surface area contributed by atoms with Crippen LogP contribution in [-0.4, -0.2) is 38.2 Å². The van der Waals surface area contributed by atoms with Crippen molar-refractivity contribution in [1.82, 2.24) is 0 Å². The molecule has 2 aromatic rings. The fraction of sp³-hybridized carbons (Fsp3) is 0.263. The minimum absolute atomic E-state index is 0.303. The zero-order chi connectivity index (χ0) is 17.4. The minimum atomic E-state index is -0.685. The second-order valence-corrected chi connectivity index (χ2v) is 5.88. The number of ether oxygens (including phenoxy) is 3. The molecule has 2 heterocycles. The molecule has 25 heavy (non-hydrogen) atoms. The molecule has 0 saturated carbocycles. The van der Waals surface area contributed by atoms with Crippen molar-refractivity contribution in [3.8, 4) is 11.5 Å². The highest BCUT2D eigenvalue weighted by atomic mass is 16.6. The van der Waals surface area contributed by atoms with Crippen LogP contribution in [0.5, 0.6) is 11.5 Å². The smallest absolute Gasteiger partial charge is 0.329 e. The number of rotatable bonds is 2. The lowest BCUT2D eigenvalue weighted by atomic mass is 10.1. The van der Waals surface area contributed by atoms with Crippen LogP contribution in [0.25, 0.3) is 0 Å². The molecule has 0 radical (unpaired) electrons. The van der Waals surface area contributed by atoms with Gasteiger partial charge in [0.1, 0.15) is 19.3 Å². The molecule has 1 amide bonds. The van der Waals surface area contributed by atoms with Gasteiger partial charge in [-0.25, -0.2) is 4.79 Å². The van der Waals surface area contributed by atoms with Gasteiger partial charge in [-0.3, -0.25) is 9.69 Å². The normalized spacial score (nSPS) is 17.8. The highest BCUT2D eigenvalue weighted by molar-refractivity contribution is 6.12. The SMILES string of the molecule is COC(=O)[C@@H]1Cc2ccccc2N1C(=O)c1cccc2c1OCCO2. The highest BCUT2D eigenvalue weighted by Gasteiger charge is 2.40. The molecule has 6 nitrogen and oxygen atoms in total. The van der Waals surface area contributed by atoms with Gasteiger partial charge in [0.25, 0.3) is 5.91 Å². The summed E-state index contributed by atoms with van der Waals surface area (Å²) in [5.41, 5.74) is 2.04. The number of carbonyl (C=O) groups excluding carboxylic acids is 2. The maximum Gasteiger partial charge on any atom is 0.329 e. The lowest BCUT2D eigenvalue weighted by Crippen LogP contribution is -2.43. The Kier molecular flexibility index (Phi) is 3.80. The second kappa shape index (κ2) is 6.12. The predicted molar refractivity (Wildman–Crippen MR) is 90.2 cm³/mol. The first-order valence-corrected chi connectivity index (χ1v) is 8.08. The summed E-state index contributed by atoms with van der Waals surface area (Å²) in [6, 6.07) is 12.0. The van der Waals surface area contributed by atoms with Crippen LogP contribution in [0.15, 0.2) is 42.5 Å². The van der Waals surface area contributed by atoms with Crippen LogP contribution in [-0.2, 0) is 16.0 Å². The van der Waals surface area contributed by atoms with Gasteiger partial charge in [0.05, 0.1) is 12.7 Å². The average Bonchev–Trinajstić information content (AvgIpc) is 3.06. The third kappa shape index (κ3) is 2.50. The van der Waals surface area contributed by atoms with Crippen LogP contribution in [0.2, 0.25) is 0 Å². The number of esters is 1. The summed E-state index contributed by atoms with van der Waals surface area (Å²) >= 11 is 0. The Hall–Kier alpha value is -3.02. The lowest BCUT2D eigenvalue weighted by Gasteiger charge is -2.26. The summed E-state index contributed by atoms with van der Waals surface area (Å²) in [5.74, 6) is 0.222. The van der Waals surface area contributed by atoms with E-state index in [1.165, 1.54) is 12.0 Å². The van der Waals surface area contributed by atoms with Crippen LogP contribution < -0.4 is 14.4 Å². The molecule has 0 unspecified atom stereocenters. The molecule has 1 atom stereocenters. The zero-order valence-corrected chi connectivity index (χ0v) is 13.7. The molecule has 2 aliphatic heterocycles. The Labute approximate surface area is 144 Å². The highest BCUT2D eigenvalue weighted by Crippen LogP contribution is 2.38. The monoisotopic (exact) mass is 339 g/mol. The van der Waals surface area contributed by atoms with E-state index in [0.29, 0.717) is 36.7 Å². The van der Waals surface area contributed by atoms with E-state index in [-0.39, 0.29) is 5.91 Å². The van der Waals surface area contributed by atoms with Crippen molar-refractivity contribution in [2.75, 3.05) is 25.2 Å². The molecule has 6 heteroatoms. The molecule has 4 rings (SSSR count). The molecule has 0 N–H and O–H groups in total. The molecule has 0 spiro atoms. The summed E-state index contributed by atoms with van der Waals surface area (Å²) in [6.07, 6.45) is 0.432. The largest absolute Gasteiger partial charge is 0.486 e. The van der Waals surface area contributed by atoms with Crippen LogP contribution in [0.1, 0.15) is 15.9 Å². The predicted octanol–water partition coefficient (Wildman–Crippen LogP) is 2.20. The van der Waals surface area contributed by atoms with E-state index in [1.807, 2.05) is 24.3 Å². The number of hydrogen-bond donors (Lipinski definition) is 0. The van der Waals surface area contributed by atoms with Crippen molar-refractivity contribution in [2.24, 2.45) is 0 Å². The van der Waals surface area contributed by atoms with E-state index in [9.17, 15) is 9.59 Å². The summed E-state index contributed by atoms with van der Waals surface area (Å²) in [5, 5.41) is 0. The fourth-order valence-corrected chi connectivity index (χ4v) is 3.33. The molecule has 0 fully saturated rings. The Balaban J connectivity index is 1.79. The first-order valence-electron chi connectivity index (χ1n) is 8.08. The quantitative estimate of drug-likeness (QED) is 0.785. The molecule has 0 saturated heterocycles. The summed E-state index contributed by atoms with van der Waals surface area (Å²) in [6.45, 7) is 0.830. The van der Waals surface area contributed by atoms with Crippen LogP contribution in [0, 0.1) is 0 Å².